The first-order chi connectivity index (χ1) is 7.99. The number of thiazole rings is 1. The van der Waals surface area contributed by atoms with Crippen molar-refractivity contribution in [3.8, 4) is 0 Å². The van der Waals surface area contributed by atoms with Gasteiger partial charge < -0.3 is 11.1 Å². The van der Waals surface area contributed by atoms with Crippen molar-refractivity contribution in [1.29, 1.82) is 0 Å². The first kappa shape index (κ1) is 14.6. The van der Waals surface area contributed by atoms with Gasteiger partial charge in [-0.05, 0) is 38.6 Å². The fourth-order valence-corrected chi connectivity index (χ4v) is 2.62. The summed E-state index contributed by atoms with van der Waals surface area (Å²) in [5, 5.41) is 6.78. The molecule has 0 radical (unpaired) electrons. The maximum atomic E-state index is 5.92. The molecule has 0 saturated heterocycles. The normalized spacial score (nSPS) is 13.0. The van der Waals surface area contributed by atoms with E-state index in [0.29, 0.717) is 0 Å². The van der Waals surface area contributed by atoms with E-state index in [2.05, 4.69) is 38.0 Å². The number of nitrogens with one attached hydrogen (secondary N) is 1. The molecule has 0 aliphatic rings. The SMILES string of the molecule is CCC(CC)(CN)CNC(C)(C)c1nccs1. The van der Waals surface area contributed by atoms with Gasteiger partial charge in [-0.3, -0.25) is 0 Å². The van der Waals surface area contributed by atoms with Crippen molar-refractivity contribution < 1.29 is 0 Å². The number of rotatable bonds is 7. The molecule has 3 N–H and O–H groups in total. The van der Waals surface area contributed by atoms with Crippen LogP contribution in [0.25, 0.3) is 0 Å². The average Bonchev–Trinajstić information content (AvgIpc) is 2.86. The number of nitrogens with zero attached hydrogens (tertiary/aromatic N) is 1. The minimum absolute atomic E-state index is 0.0705. The van der Waals surface area contributed by atoms with Crippen molar-refractivity contribution in [2.45, 2.75) is 46.1 Å². The van der Waals surface area contributed by atoms with Crippen LogP contribution in [0.5, 0.6) is 0 Å². The van der Waals surface area contributed by atoms with Crippen LogP contribution >= 0.6 is 11.3 Å². The summed E-state index contributed by atoms with van der Waals surface area (Å²) in [4.78, 5) is 4.39. The molecule has 0 amide bonds. The Morgan fingerprint density at radius 2 is 2.00 bits per heavy atom. The monoisotopic (exact) mass is 255 g/mol. The predicted molar refractivity (Wildman–Crippen MR) is 75.2 cm³/mol. The van der Waals surface area contributed by atoms with Gasteiger partial charge in [-0.1, -0.05) is 13.8 Å². The van der Waals surface area contributed by atoms with Crippen LogP contribution < -0.4 is 11.1 Å². The van der Waals surface area contributed by atoms with Crippen molar-refractivity contribution in [1.82, 2.24) is 10.3 Å². The lowest BCUT2D eigenvalue weighted by atomic mass is 9.81. The Kier molecular flexibility index (Phi) is 5.10. The van der Waals surface area contributed by atoms with Crippen LogP contribution in [0.4, 0.5) is 0 Å². The molecule has 0 spiro atoms. The van der Waals surface area contributed by atoms with Gasteiger partial charge in [0.1, 0.15) is 5.01 Å². The molecule has 0 aliphatic carbocycles. The molecule has 0 saturated carbocycles. The summed E-state index contributed by atoms with van der Waals surface area (Å²) in [5.41, 5.74) is 6.07. The highest BCUT2D eigenvalue weighted by Gasteiger charge is 2.29. The Hall–Kier alpha value is -0.450. The van der Waals surface area contributed by atoms with Gasteiger partial charge in [0.15, 0.2) is 0 Å². The number of hydrogen-bond acceptors (Lipinski definition) is 4. The molecule has 0 aliphatic heterocycles. The molecule has 1 aromatic rings. The first-order valence-corrected chi connectivity index (χ1v) is 7.22. The summed E-state index contributed by atoms with van der Waals surface area (Å²) < 4.78 is 0. The largest absolute Gasteiger partial charge is 0.330 e. The van der Waals surface area contributed by atoms with Gasteiger partial charge >= 0.3 is 0 Å². The van der Waals surface area contributed by atoms with Gasteiger partial charge in [0, 0.05) is 18.1 Å². The van der Waals surface area contributed by atoms with Crippen molar-refractivity contribution in [2.24, 2.45) is 11.1 Å². The Labute approximate surface area is 109 Å². The minimum Gasteiger partial charge on any atom is -0.330 e. The summed E-state index contributed by atoms with van der Waals surface area (Å²) in [7, 11) is 0. The lowest BCUT2D eigenvalue weighted by molar-refractivity contribution is 0.225. The van der Waals surface area contributed by atoms with E-state index in [0.717, 1.165) is 30.9 Å². The van der Waals surface area contributed by atoms with Crippen LogP contribution in [0.3, 0.4) is 0 Å². The highest BCUT2D eigenvalue weighted by atomic mass is 32.1. The smallest absolute Gasteiger partial charge is 0.112 e. The van der Waals surface area contributed by atoms with Crippen molar-refractivity contribution >= 4 is 11.3 Å². The van der Waals surface area contributed by atoms with E-state index in [1.807, 2.05) is 11.6 Å². The number of aromatic nitrogens is 1. The molecule has 0 atom stereocenters. The summed E-state index contributed by atoms with van der Waals surface area (Å²) in [6, 6.07) is 0. The Bertz CT molecular complexity index is 307. The molecular weight excluding hydrogens is 230 g/mol. The lowest BCUT2D eigenvalue weighted by Gasteiger charge is -2.35. The van der Waals surface area contributed by atoms with Crippen molar-refractivity contribution in [3.05, 3.63) is 16.6 Å². The fraction of sp³-hybridized carbons (Fsp3) is 0.769. The molecule has 0 fully saturated rings. The third-order valence-corrected chi connectivity index (χ3v) is 4.90. The first-order valence-electron chi connectivity index (χ1n) is 6.35. The van der Waals surface area contributed by atoms with Gasteiger partial charge in [-0.25, -0.2) is 4.98 Å². The molecule has 4 heteroatoms. The van der Waals surface area contributed by atoms with Gasteiger partial charge in [0.2, 0.25) is 0 Å². The van der Waals surface area contributed by atoms with Gasteiger partial charge in [-0.15, -0.1) is 11.3 Å². The molecule has 0 bridgehead atoms. The fourth-order valence-electron chi connectivity index (χ4n) is 1.88. The predicted octanol–water partition coefficient (Wildman–Crippen LogP) is 2.73. The molecule has 3 nitrogen and oxygen atoms in total. The zero-order chi connectivity index (χ0) is 12.9. The second-order valence-electron chi connectivity index (χ2n) is 5.23. The molecular formula is C13H25N3S. The van der Waals surface area contributed by atoms with E-state index >= 15 is 0 Å². The summed E-state index contributed by atoms with van der Waals surface area (Å²) in [5.74, 6) is 0. The van der Waals surface area contributed by atoms with Crippen molar-refractivity contribution in [2.75, 3.05) is 13.1 Å². The summed E-state index contributed by atoms with van der Waals surface area (Å²) in [6.07, 6.45) is 4.08. The molecule has 0 unspecified atom stereocenters. The highest BCUT2D eigenvalue weighted by molar-refractivity contribution is 7.09. The van der Waals surface area contributed by atoms with Gasteiger partial charge in [0.05, 0.1) is 5.54 Å². The lowest BCUT2D eigenvalue weighted by Crippen LogP contribution is -2.46. The van der Waals surface area contributed by atoms with E-state index in [1.165, 1.54) is 0 Å². The maximum Gasteiger partial charge on any atom is 0.112 e. The standard InChI is InChI=1S/C13H25N3S/c1-5-13(6-2,9-14)10-16-12(3,4)11-15-7-8-17-11/h7-8,16H,5-6,9-10,14H2,1-4H3. The Morgan fingerprint density at radius 1 is 1.35 bits per heavy atom. The summed E-state index contributed by atoms with van der Waals surface area (Å²) in [6.45, 7) is 10.5. The number of nitrogens with two attached hydrogens (primary N) is 1. The van der Waals surface area contributed by atoms with E-state index in [4.69, 9.17) is 5.73 Å². The van der Waals surface area contributed by atoms with Gasteiger partial charge in [0.25, 0.3) is 0 Å². The van der Waals surface area contributed by atoms with E-state index in [-0.39, 0.29) is 11.0 Å². The molecule has 1 rings (SSSR count). The third kappa shape index (κ3) is 3.50. The maximum absolute atomic E-state index is 5.92. The zero-order valence-corrected chi connectivity index (χ0v) is 12.2. The molecule has 17 heavy (non-hydrogen) atoms. The van der Waals surface area contributed by atoms with Crippen LogP contribution in [0.1, 0.15) is 45.5 Å². The van der Waals surface area contributed by atoms with Crippen LogP contribution in [0, 0.1) is 5.41 Å². The molecule has 1 aromatic heterocycles. The van der Waals surface area contributed by atoms with Crippen LogP contribution in [-0.4, -0.2) is 18.1 Å². The minimum atomic E-state index is -0.0705. The quantitative estimate of drug-likeness (QED) is 0.787. The van der Waals surface area contributed by atoms with Crippen molar-refractivity contribution in [3.63, 3.8) is 0 Å². The molecule has 98 valence electrons. The third-order valence-electron chi connectivity index (χ3n) is 3.81. The second-order valence-corrected chi connectivity index (χ2v) is 6.12. The molecule has 1 heterocycles. The van der Waals surface area contributed by atoms with Crippen LogP contribution in [0.15, 0.2) is 11.6 Å². The van der Waals surface area contributed by atoms with E-state index < -0.39 is 0 Å². The van der Waals surface area contributed by atoms with Gasteiger partial charge in [-0.2, -0.15) is 0 Å². The topological polar surface area (TPSA) is 50.9 Å². The Morgan fingerprint density at radius 3 is 2.41 bits per heavy atom. The van der Waals surface area contributed by atoms with E-state index in [9.17, 15) is 0 Å². The van der Waals surface area contributed by atoms with Crippen LogP contribution in [-0.2, 0) is 5.54 Å². The van der Waals surface area contributed by atoms with E-state index in [1.54, 1.807) is 11.3 Å². The summed E-state index contributed by atoms with van der Waals surface area (Å²) >= 11 is 1.70. The van der Waals surface area contributed by atoms with Crippen LogP contribution in [0.2, 0.25) is 0 Å². The number of hydrogen-bond donors (Lipinski definition) is 2. The molecule has 0 aromatic carbocycles. The highest BCUT2D eigenvalue weighted by Crippen LogP contribution is 2.27. The zero-order valence-electron chi connectivity index (χ0n) is 11.4. The second kappa shape index (κ2) is 5.94. The average molecular weight is 255 g/mol. The Balaban J connectivity index is 2.66.